The van der Waals surface area contributed by atoms with E-state index in [9.17, 15) is 5.11 Å². The Morgan fingerprint density at radius 1 is 1.06 bits per heavy atom. The van der Waals surface area contributed by atoms with Gasteiger partial charge in [-0.25, -0.2) is 0 Å². The largest absolute Gasteiger partial charge is 0.368 e. The molecule has 2 heterocycles. The molecule has 17 heavy (non-hydrogen) atoms. The third-order valence-electron chi connectivity index (χ3n) is 5.37. The molecule has 2 aliphatic heterocycles. The van der Waals surface area contributed by atoms with Gasteiger partial charge in [0, 0.05) is 18.8 Å². The highest BCUT2D eigenvalue weighted by atomic mass is 16.7. The van der Waals surface area contributed by atoms with Gasteiger partial charge in [0.05, 0.1) is 19.8 Å². The summed E-state index contributed by atoms with van der Waals surface area (Å²) in [7, 11) is 0. The van der Waals surface area contributed by atoms with Crippen LogP contribution in [0.5, 0.6) is 0 Å². The van der Waals surface area contributed by atoms with Gasteiger partial charge >= 0.3 is 0 Å². The molecule has 4 nitrogen and oxygen atoms in total. The van der Waals surface area contributed by atoms with Crippen LogP contribution >= 0.6 is 0 Å². The van der Waals surface area contributed by atoms with E-state index in [0.29, 0.717) is 23.7 Å². The molecule has 0 aromatic heterocycles. The standard InChI is InChI=1S/C13H20O4/c14-12-6-10-8(7-15-12)5-11-9(10)1-2-13(11)16-3-4-17-13/h8-12,14H,1-7H2/t8-,9+,10-,11-,12?/m0/s1. The molecule has 0 aromatic carbocycles. The average molecular weight is 240 g/mol. The summed E-state index contributed by atoms with van der Waals surface area (Å²) in [4.78, 5) is 0. The van der Waals surface area contributed by atoms with Gasteiger partial charge in [-0.3, -0.25) is 0 Å². The third kappa shape index (κ3) is 1.44. The summed E-state index contributed by atoms with van der Waals surface area (Å²) in [5.74, 6) is 2.17. The monoisotopic (exact) mass is 240 g/mol. The summed E-state index contributed by atoms with van der Waals surface area (Å²) < 4.78 is 17.2. The SMILES string of the molecule is OC1C[C@H]2[C@H](CO1)C[C@H]1[C@@H]2CCC12OCCO2. The van der Waals surface area contributed by atoms with E-state index in [2.05, 4.69) is 0 Å². The second-order valence-electron chi connectivity index (χ2n) is 6.00. The number of aliphatic hydroxyl groups is 1. The minimum Gasteiger partial charge on any atom is -0.368 e. The van der Waals surface area contributed by atoms with Crippen molar-refractivity contribution in [2.75, 3.05) is 19.8 Å². The zero-order chi connectivity index (χ0) is 11.5. The normalized spacial score (nSPS) is 51.7. The lowest BCUT2D eigenvalue weighted by atomic mass is 9.84. The third-order valence-corrected chi connectivity index (χ3v) is 5.37. The molecule has 1 unspecified atom stereocenters. The fourth-order valence-corrected chi connectivity index (χ4v) is 4.72. The molecule has 4 fully saturated rings. The highest BCUT2D eigenvalue weighted by molar-refractivity contribution is 5.04. The van der Waals surface area contributed by atoms with Crippen LogP contribution < -0.4 is 0 Å². The van der Waals surface area contributed by atoms with Crippen LogP contribution in [0.4, 0.5) is 0 Å². The van der Waals surface area contributed by atoms with Gasteiger partial charge in [-0.05, 0) is 30.6 Å². The van der Waals surface area contributed by atoms with Crippen LogP contribution in [0.1, 0.15) is 25.7 Å². The predicted octanol–water partition coefficient (Wildman–Crippen LogP) is 1.13. The molecule has 2 saturated heterocycles. The number of rotatable bonds is 0. The summed E-state index contributed by atoms with van der Waals surface area (Å²) in [5, 5.41) is 9.65. The molecule has 2 saturated carbocycles. The van der Waals surface area contributed by atoms with Crippen molar-refractivity contribution >= 4 is 0 Å². The lowest BCUT2D eigenvalue weighted by molar-refractivity contribution is -0.184. The van der Waals surface area contributed by atoms with Gasteiger partial charge in [-0.15, -0.1) is 0 Å². The Hall–Kier alpha value is -0.160. The first-order chi connectivity index (χ1) is 8.28. The first kappa shape index (κ1) is 10.7. The van der Waals surface area contributed by atoms with E-state index in [1.165, 1.54) is 6.42 Å². The molecule has 0 radical (unpaired) electrons. The van der Waals surface area contributed by atoms with Crippen LogP contribution in [0.3, 0.4) is 0 Å². The number of hydrogen-bond donors (Lipinski definition) is 1. The zero-order valence-corrected chi connectivity index (χ0v) is 10.0. The fourth-order valence-electron chi connectivity index (χ4n) is 4.72. The molecule has 0 aromatic rings. The van der Waals surface area contributed by atoms with Crippen molar-refractivity contribution < 1.29 is 19.3 Å². The quantitative estimate of drug-likeness (QED) is 0.689. The van der Waals surface area contributed by atoms with Gasteiger partial charge in [0.2, 0.25) is 0 Å². The summed E-state index contributed by atoms with van der Waals surface area (Å²) in [5.41, 5.74) is 0. The minimum atomic E-state index is -0.544. The first-order valence-electron chi connectivity index (χ1n) is 6.86. The number of hydrogen-bond acceptors (Lipinski definition) is 4. The van der Waals surface area contributed by atoms with Crippen LogP contribution in [0, 0.1) is 23.7 Å². The Labute approximate surface area is 101 Å². The number of fused-ring (bicyclic) bond motifs is 4. The Morgan fingerprint density at radius 3 is 2.71 bits per heavy atom. The lowest BCUT2D eigenvalue weighted by Gasteiger charge is -2.31. The smallest absolute Gasteiger partial charge is 0.171 e. The minimum absolute atomic E-state index is 0.271. The van der Waals surface area contributed by atoms with E-state index in [4.69, 9.17) is 14.2 Å². The van der Waals surface area contributed by atoms with E-state index in [0.717, 1.165) is 39.1 Å². The van der Waals surface area contributed by atoms with E-state index in [1.807, 2.05) is 0 Å². The van der Waals surface area contributed by atoms with Crippen molar-refractivity contribution in [3.8, 4) is 0 Å². The van der Waals surface area contributed by atoms with Crippen LogP contribution in [-0.4, -0.2) is 37.0 Å². The van der Waals surface area contributed by atoms with E-state index in [1.54, 1.807) is 0 Å². The van der Waals surface area contributed by atoms with E-state index in [-0.39, 0.29) is 5.79 Å². The molecular formula is C13H20O4. The molecule has 1 spiro atoms. The van der Waals surface area contributed by atoms with E-state index < -0.39 is 6.29 Å². The molecule has 96 valence electrons. The molecule has 0 bridgehead atoms. The van der Waals surface area contributed by atoms with Gasteiger partial charge in [-0.2, -0.15) is 0 Å². The molecular weight excluding hydrogens is 220 g/mol. The molecule has 4 aliphatic rings. The summed E-state index contributed by atoms with van der Waals surface area (Å²) >= 11 is 0. The molecule has 5 atom stereocenters. The number of ether oxygens (including phenoxy) is 3. The molecule has 0 amide bonds. The van der Waals surface area contributed by atoms with E-state index >= 15 is 0 Å². The van der Waals surface area contributed by atoms with Gasteiger partial charge in [-0.1, -0.05) is 0 Å². The molecule has 4 rings (SSSR count). The van der Waals surface area contributed by atoms with Crippen molar-refractivity contribution in [2.45, 2.75) is 37.8 Å². The van der Waals surface area contributed by atoms with Crippen molar-refractivity contribution in [1.82, 2.24) is 0 Å². The number of aliphatic hydroxyl groups excluding tert-OH is 1. The Kier molecular flexibility index (Phi) is 2.32. The molecule has 1 N–H and O–H groups in total. The maximum Gasteiger partial charge on any atom is 0.171 e. The summed E-state index contributed by atoms with van der Waals surface area (Å²) in [6.07, 6.45) is 3.65. The Balaban J connectivity index is 1.59. The van der Waals surface area contributed by atoms with Gasteiger partial charge in [0.1, 0.15) is 0 Å². The van der Waals surface area contributed by atoms with Crippen molar-refractivity contribution in [3.63, 3.8) is 0 Å². The Bertz CT molecular complexity index is 313. The van der Waals surface area contributed by atoms with Gasteiger partial charge < -0.3 is 19.3 Å². The topological polar surface area (TPSA) is 47.9 Å². The fraction of sp³-hybridized carbons (Fsp3) is 1.00. The van der Waals surface area contributed by atoms with Crippen molar-refractivity contribution in [3.05, 3.63) is 0 Å². The van der Waals surface area contributed by atoms with Crippen LogP contribution in [-0.2, 0) is 14.2 Å². The second kappa shape index (κ2) is 3.67. The first-order valence-corrected chi connectivity index (χ1v) is 6.86. The van der Waals surface area contributed by atoms with Crippen molar-refractivity contribution in [2.24, 2.45) is 23.7 Å². The summed E-state index contributed by atoms with van der Waals surface area (Å²) in [6, 6.07) is 0. The highest BCUT2D eigenvalue weighted by Gasteiger charge is 2.60. The van der Waals surface area contributed by atoms with Crippen LogP contribution in [0.2, 0.25) is 0 Å². The maximum absolute atomic E-state index is 9.65. The second-order valence-corrected chi connectivity index (χ2v) is 6.00. The molecule has 2 aliphatic carbocycles. The maximum atomic E-state index is 9.65. The van der Waals surface area contributed by atoms with Crippen LogP contribution in [0.25, 0.3) is 0 Å². The predicted molar refractivity (Wildman–Crippen MR) is 59.0 cm³/mol. The van der Waals surface area contributed by atoms with Gasteiger partial charge in [0.15, 0.2) is 12.1 Å². The average Bonchev–Trinajstić information content (AvgIpc) is 2.98. The Morgan fingerprint density at radius 2 is 1.88 bits per heavy atom. The molecule has 4 heteroatoms. The zero-order valence-electron chi connectivity index (χ0n) is 10.0. The van der Waals surface area contributed by atoms with Gasteiger partial charge in [0.25, 0.3) is 0 Å². The highest BCUT2D eigenvalue weighted by Crippen LogP contribution is 2.59. The van der Waals surface area contributed by atoms with Crippen molar-refractivity contribution in [1.29, 1.82) is 0 Å². The summed E-state index contributed by atoms with van der Waals surface area (Å²) in [6.45, 7) is 2.21. The van der Waals surface area contributed by atoms with Crippen LogP contribution in [0.15, 0.2) is 0 Å². The lowest BCUT2D eigenvalue weighted by Crippen LogP contribution is -2.35.